The zero-order valence-electron chi connectivity index (χ0n) is 10.5. The number of halogens is 1. The minimum Gasteiger partial charge on any atom is -0.389 e. The Morgan fingerprint density at radius 3 is 2.88 bits per heavy atom. The van der Waals surface area contributed by atoms with Gasteiger partial charge in [-0.2, -0.15) is 5.10 Å². The molecule has 6 heteroatoms. The minimum absolute atomic E-state index is 0.328. The van der Waals surface area contributed by atoms with Gasteiger partial charge >= 0.3 is 0 Å². The van der Waals surface area contributed by atoms with Crippen molar-refractivity contribution in [3.8, 4) is 0 Å². The number of rotatable bonds is 7. The van der Waals surface area contributed by atoms with Crippen LogP contribution in [0.25, 0.3) is 0 Å². The van der Waals surface area contributed by atoms with Crippen LogP contribution in [0.2, 0.25) is 5.15 Å². The maximum atomic E-state index is 9.49. The fourth-order valence-corrected chi connectivity index (χ4v) is 1.89. The third kappa shape index (κ3) is 3.96. The SMILES string of the molecule is CCc1nn(C)c(Cl)c1CNCC(O)COC. The average Bonchev–Trinajstić information content (AvgIpc) is 2.57. The molecule has 0 aromatic carbocycles. The molecular formula is C11H20ClN3O2. The Morgan fingerprint density at radius 2 is 2.29 bits per heavy atom. The van der Waals surface area contributed by atoms with E-state index < -0.39 is 6.10 Å². The molecule has 0 aliphatic carbocycles. The molecule has 2 N–H and O–H groups in total. The van der Waals surface area contributed by atoms with E-state index in [1.165, 1.54) is 0 Å². The highest BCUT2D eigenvalue weighted by molar-refractivity contribution is 6.30. The van der Waals surface area contributed by atoms with Gasteiger partial charge in [0.2, 0.25) is 0 Å². The highest BCUT2D eigenvalue weighted by atomic mass is 35.5. The van der Waals surface area contributed by atoms with Gasteiger partial charge in [-0.15, -0.1) is 0 Å². The third-order valence-corrected chi connectivity index (χ3v) is 3.00. The number of aliphatic hydroxyl groups is 1. The number of hydrogen-bond acceptors (Lipinski definition) is 4. The quantitative estimate of drug-likeness (QED) is 0.760. The Bertz CT molecular complexity index is 355. The van der Waals surface area contributed by atoms with E-state index in [-0.39, 0.29) is 0 Å². The Balaban J connectivity index is 2.51. The highest BCUT2D eigenvalue weighted by Gasteiger charge is 2.13. The van der Waals surface area contributed by atoms with Crippen LogP contribution < -0.4 is 5.32 Å². The van der Waals surface area contributed by atoms with Gasteiger partial charge in [-0.3, -0.25) is 4.68 Å². The van der Waals surface area contributed by atoms with Gasteiger partial charge in [0.15, 0.2) is 0 Å². The number of nitrogens with zero attached hydrogens (tertiary/aromatic N) is 2. The van der Waals surface area contributed by atoms with Crippen LogP contribution in [0, 0.1) is 0 Å². The number of ether oxygens (including phenoxy) is 1. The van der Waals surface area contributed by atoms with Crippen molar-refractivity contribution in [2.45, 2.75) is 26.0 Å². The number of methoxy groups -OCH3 is 1. The van der Waals surface area contributed by atoms with Crippen molar-refractivity contribution < 1.29 is 9.84 Å². The van der Waals surface area contributed by atoms with E-state index in [0.29, 0.717) is 24.8 Å². The molecule has 0 radical (unpaired) electrons. The van der Waals surface area contributed by atoms with Gasteiger partial charge in [0.1, 0.15) is 5.15 Å². The smallest absolute Gasteiger partial charge is 0.131 e. The van der Waals surface area contributed by atoms with E-state index in [1.54, 1.807) is 11.8 Å². The van der Waals surface area contributed by atoms with Crippen molar-refractivity contribution >= 4 is 11.6 Å². The summed E-state index contributed by atoms with van der Waals surface area (Å²) >= 11 is 6.14. The molecule has 1 aromatic heterocycles. The average molecular weight is 262 g/mol. The molecule has 1 unspecified atom stereocenters. The van der Waals surface area contributed by atoms with Crippen molar-refractivity contribution in [3.05, 3.63) is 16.4 Å². The fourth-order valence-electron chi connectivity index (χ4n) is 1.67. The maximum Gasteiger partial charge on any atom is 0.131 e. The molecule has 0 saturated heterocycles. The summed E-state index contributed by atoms with van der Waals surface area (Å²) in [6, 6.07) is 0. The maximum absolute atomic E-state index is 9.49. The number of aryl methyl sites for hydroxylation is 2. The van der Waals surface area contributed by atoms with Crippen LogP contribution in [-0.4, -0.2) is 41.3 Å². The molecule has 17 heavy (non-hydrogen) atoms. The summed E-state index contributed by atoms with van der Waals surface area (Å²) in [7, 11) is 3.39. The molecule has 98 valence electrons. The minimum atomic E-state index is -0.500. The normalized spacial score (nSPS) is 13.0. The largest absolute Gasteiger partial charge is 0.389 e. The van der Waals surface area contributed by atoms with Crippen molar-refractivity contribution in [1.29, 1.82) is 0 Å². The Hall–Kier alpha value is -0.620. The van der Waals surface area contributed by atoms with Gasteiger partial charge in [0, 0.05) is 32.8 Å². The first-order valence-electron chi connectivity index (χ1n) is 5.68. The second-order valence-electron chi connectivity index (χ2n) is 3.93. The number of nitrogens with one attached hydrogen (secondary N) is 1. The lowest BCUT2D eigenvalue weighted by Gasteiger charge is -2.10. The molecule has 0 amide bonds. The molecule has 0 fully saturated rings. The van der Waals surface area contributed by atoms with E-state index in [4.69, 9.17) is 16.3 Å². The molecule has 5 nitrogen and oxygen atoms in total. The van der Waals surface area contributed by atoms with Crippen molar-refractivity contribution in [3.63, 3.8) is 0 Å². The van der Waals surface area contributed by atoms with Gasteiger partial charge in [0.25, 0.3) is 0 Å². The van der Waals surface area contributed by atoms with Crippen LogP contribution in [0.15, 0.2) is 0 Å². The van der Waals surface area contributed by atoms with Gasteiger partial charge in [0.05, 0.1) is 18.4 Å². The topological polar surface area (TPSA) is 59.3 Å². The van der Waals surface area contributed by atoms with Crippen LogP contribution in [0.5, 0.6) is 0 Å². The molecule has 1 aromatic rings. The summed E-state index contributed by atoms with van der Waals surface area (Å²) in [6.07, 6.45) is 0.346. The van der Waals surface area contributed by atoms with Crippen LogP contribution in [0.4, 0.5) is 0 Å². The van der Waals surface area contributed by atoms with Crippen molar-refractivity contribution in [1.82, 2.24) is 15.1 Å². The second kappa shape index (κ2) is 6.96. The van der Waals surface area contributed by atoms with Crippen molar-refractivity contribution in [2.24, 2.45) is 7.05 Å². The summed E-state index contributed by atoms with van der Waals surface area (Å²) < 4.78 is 6.52. The van der Waals surface area contributed by atoms with Crippen LogP contribution in [0.3, 0.4) is 0 Å². The summed E-state index contributed by atoms with van der Waals surface area (Å²) in [6.45, 7) is 3.45. The lowest BCUT2D eigenvalue weighted by atomic mass is 10.2. The zero-order chi connectivity index (χ0) is 12.8. The summed E-state index contributed by atoms with van der Waals surface area (Å²) in [5, 5.41) is 17.6. The zero-order valence-corrected chi connectivity index (χ0v) is 11.3. The third-order valence-electron chi connectivity index (χ3n) is 2.53. The Morgan fingerprint density at radius 1 is 1.59 bits per heavy atom. The molecule has 0 aliphatic heterocycles. The standard InChI is InChI=1S/C11H20ClN3O2/c1-4-10-9(11(12)15(2)14-10)6-13-5-8(16)7-17-3/h8,13,16H,4-7H2,1-3H3. The first-order valence-corrected chi connectivity index (χ1v) is 6.05. The van der Waals surface area contributed by atoms with Crippen LogP contribution in [-0.2, 0) is 24.8 Å². The molecule has 1 atom stereocenters. The Labute approximate surface area is 107 Å². The number of hydrogen-bond donors (Lipinski definition) is 2. The molecule has 1 rings (SSSR count). The number of aromatic nitrogens is 2. The van der Waals surface area contributed by atoms with E-state index in [2.05, 4.69) is 10.4 Å². The monoisotopic (exact) mass is 261 g/mol. The Kier molecular flexibility index (Phi) is 5.91. The van der Waals surface area contributed by atoms with Crippen molar-refractivity contribution in [2.75, 3.05) is 20.3 Å². The van der Waals surface area contributed by atoms with E-state index in [1.807, 2.05) is 14.0 Å². The lowest BCUT2D eigenvalue weighted by molar-refractivity contribution is 0.0644. The van der Waals surface area contributed by atoms with Gasteiger partial charge in [-0.25, -0.2) is 0 Å². The predicted octanol–water partition coefficient (Wildman–Crippen LogP) is 0.733. The summed E-state index contributed by atoms with van der Waals surface area (Å²) in [5.41, 5.74) is 1.99. The fraction of sp³-hybridized carbons (Fsp3) is 0.727. The molecule has 0 aliphatic rings. The van der Waals surface area contributed by atoms with E-state index in [0.717, 1.165) is 17.7 Å². The molecular weight excluding hydrogens is 242 g/mol. The lowest BCUT2D eigenvalue weighted by Crippen LogP contribution is -2.29. The summed E-state index contributed by atoms with van der Waals surface area (Å²) in [4.78, 5) is 0. The molecule has 0 saturated carbocycles. The van der Waals surface area contributed by atoms with Crippen LogP contribution >= 0.6 is 11.6 Å². The van der Waals surface area contributed by atoms with E-state index >= 15 is 0 Å². The molecule has 1 heterocycles. The van der Waals surface area contributed by atoms with Gasteiger partial charge < -0.3 is 15.2 Å². The highest BCUT2D eigenvalue weighted by Crippen LogP contribution is 2.19. The van der Waals surface area contributed by atoms with Gasteiger partial charge in [-0.1, -0.05) is 18.5 Å². The molecule has 0 bridgehead atoms. The van der Waals surface area contributed by atoms with Crippen LogP contribution in [0.1, 0.15) is 18.2 Å². The second-order valence-corrected chi connectivity index (χ2v) is 4.29. The number of aliphatic hydroxyl groups excluding tert-OH is 1. The van der Waals surface area contributed by atoms with Gasteiger partial charge in [-0.05, 0) is 6.42 Å². The molecule has 0 spiro atoms. The summed E-state index contributed by atoms with van der Waals surface area (Å²) in [5.74, 6) is 0. The van der Waals surface area contributed by atoms with E-state index in [9.17, 15) is 5.11 Å². The first kappa shape index (κ1) is 14.4. The first-order chi connectivity index (χ1) is 8.10. The predicted molar refractivity (Wildman–Crippen MR) is 67.2 cm³/mol.